The first kappa shape index (κ1) is 17.3. The molecule has 1 saturated heterocycles. The number of hydrogen-bond acceptors (Lipinski definition) is 2. The maximum absolute atomic E-state index is 12.8. The van der Waals surface area contributed by atoms with E-state index in [0.29, 0.717) is 6.54 Å². The Balaban J connectivity index is 1.54. The van der Waals surface area contributed by atoms with Crippen molar-refractivity contribution in [3.8, 4) is 0 Å². The Labute approximate surface area is 158 Å². The van der Waals surface area contributed by atoms with Gasteiger partial charge >= 0.3 is 0 Å². The summed E-state index contributed by atoms with van der Waals surface area (Å²) < 4.78 is 2.02. The van der Waals surface area contributed by atoms with Gasteiger partial charge in [-0.25, -0.2) is 0 Å². The molecule has 0 saturated carbocycles. The van der Waals surface area contributed by atoms with Gasteiger partial charge in [0, 0.05) is 42.8 Å². The number of rotatable bonds is 4. The fraction of sp³-hybridized carbons (Fsp3) is 0.273. The summed E-state index contributed by atoms with van der Waals surface area (Å²) in [6, 6.07) is 15.8. The molecule has 1 aromatic heterocycles. The fourth-order valence-electron chi connectivity index (χ4n) is 3.84. The quantitative estimate of drug-likeness (QED) is 0.770. The van der Waals surface area contributed by atoms with Crippen LogP contribution in [0, 0.1) is 5.92 Å². The van der Waals surface area contributed by atoms with E-state index >= 15 is 0 Å². The molecule has 2 amide bonds. The summed E-state index contributed by atoms with van der Waals surface area (Å²) in [6.45, 7) is 2.50. The number of amides is 2. The topological polar surface area (TPSA) is 54.3 Å². The number of aryl methyl sites for hydroxylation is 2. The number of anilines is 2. The Kier molecular flexibility index (Phi) is 4.44. The monoisotopic (exact) mass is 361 g/mol. The van der Waals surface area contributed by atoms with E-state index in [-0.39, 0.29) is 24.2 Å². The summed E-state index contributed by atoms with van der Waals surface area (Å²) >= 11 is 0. The number of benzene rings is 2. The van der Waals surface area contributed by atoms with Crippen LogP contribution >= 0.6 is 0 Å². The van der Waals surface area contributed by atoms with Gasteiger partial charge in [0.25, 0.3) is 0 Å². The third-order valence-corrected chi connectivity index (χ3v) is 5.34. The number of aromatic nitrogens is 1. The van der Waals surface area contributed by atoms with Gasteiger partial charge in [0.1, 0.15) is 0 Å². The van der Waals surface area contributed by atoms with Crippen molar-refractivity contribution in [3.05, 3.63) is 60.3 Å². The van der Waals surface area contributed by atoms with Gasteiger partial charge in [-0.05, 0) is 36.2 Å². The Hall–Kier alpha value is -3.08. The summed E-state index contributed by atoms with van der Waals surface area (Å²) in [5.41, 5.74) is 3.90. The molecular formula is C22H23N3O2. The molecule has 0 radical (unpaired) electrons. The van der Waals surface area contributed by atoms with E-state index in [1.807, 2.05) is 66.3 Å². The van der Waals surface area contributed by atoms with Crippen LogP contribution in [-0.4, -0.2) is 22.9 Å². The molecular weight excluding hydrogens is 338 g/mol. The largest absolute Gasteiger partial charge is 0.350 e. The maximum atomic E-state index is 12.8. The van der Waals surface area contributed by atoms with Crippen molar-refractivity contribution in [2.45, 2.75) is 19.8 Å². The Bertz CT molecular complexity index is 1020. The molecule has 5 heteroatoms. The van der Waals surface area contributed by atoms with Crippen LogP contribution in [0.1, 0.15) is 18.9 Å². The zero-order chi connectivity index (χ0) is 19.0. The third-order valence-electron chi connectivity index (χ3n) is 5.34. The fourth-order valence-corrected chi connectivity index (χ4v) is 3.84. The lowest BCUT2D eigenvalue weighted by Crippen LogP contribution is -2.28. The van der Waals surface area contributed by atoms with Crippen LogP contribution in [0.3, 0.4) is 0 Å². The van der Waals surface area contributed by atoms with Crippen molar-refractivity contribution in [1.82, 2.24) is 4.57 Å². The van der Waals surface area contributed by atoms with Crippen LogP contribution in [-0.2, 0) is 23.1 Å². The number of nitrogens with one attached hydrogen (secondary N) is 1. The predicted octanol–water partition coefficient (Wildman–Crippen LogP) is 3.73. The number of hydrogen-bond donors (Lipinski definition) is 1. The van der Waals surface area contributed by atoms with Gasteiger partial charge in [0.2, 0.25) is 11.8 Å². The van der Waals surface area contributed by atoms with Crippen molar-refractivity contribution < 1.29 is 9.59 Å². The molecule has 1 unspecified atom stereocenters. The van der Waals surface area contributed by atoms with Gasteiger partial charge in [0.15, 0.2) is 0 Å². The zero-order valence-electron chi connectivity index (χ0n) is 15.6. The highest BCUT2D eigenvalue weighted by atomic mass is 16.2. The average Bonchev–Trinajstić information content (AvgIpc) is 3.26. The second kappa shape index (κ2) is 6.91. The van der Waals surface area contributed by atoms with Crippen molar-refractivity contribution in [3.63, 3.8) is 0 Å². The molecule has 0 spiro atoms. The highest BCUT2D eigenvalue weighted by Gasteiger charge is 2.35. The maximum Gasteiger partial charge on any atom is 0.229 e. The standard InChI is InChI=1S/C22H23N3O2/c1-3-15-7-4-5-9-19(15)25-14-16(13-21(25)26)22(27)23-18-8-6-10-20-17(18)11-12-24(20)2/h4-12,16H,3,13-14H2,1-2H3,(H,23,27). The predicted molar refractivity (Wildman–Crippen MR) is 108 cm³/mol. The van der Waals surface area contributed by atoms with Crippen molar-refractivity contribution >= 4 is 34.1 Å². The van der Waals surface area contributed by atoms with E-state index in [4.69, 9.17) is 0 Å². The number of carbonyl (C=O) groups excluding carboxylic acids is 2. The van der Waals surface area contributed by atoms with Crippen LogP contribution in [0.5, 0.6) is 0 Å². The van der Waals surface area contributed by atoms with Gasteiger partial charge in [-0.15, -0.1) is 0 Å². The molecule has 138 valence electrons. The van der Waals surface area contributed by atoms with Crippen LogP contribution in [0.4, 0.5) is 11.4 Å². The number of fused-ring (bicyclic) bond motifs is 1. The Morgan fingerprint density at radius 2 is 1.96 bits per heavy atom. The highest BCUT2D eigenvalue weighted by Crippen LogP contribution is 2.30. The second-order valence-corrected chi connectivity index (χ2v) is 7.04. The minimum absolute atomic E-state index is 0.00831. The summed E-state index contributed by atoms with van der Waals surface area (Å²) in [6.07, 6.45) is 3.07. The van der Waals surface area contributed by atoms with Gasteiger partial charge in [-0.1, -0.05) is 31.2 Å². The minimum Gasteiger partial charge on any atom is -0.350 e. The van der Waals surface area contributed by atoms with E-state index in [1.54, 1.807) is 4.90 Å². The molecule has 1 N–H and O–H groups in total. The number of carbonyl (C=O) groups is 2. The molecule has 5 nitrogen and oxygen atoms in total. The summed E-state index contributed by atoms with van der Waals surface area (Å²) in [4.78, 5) is 27.2. The SMILES string of the molecule is CCc1ccccc1N1CC(C(=O)Nc2cccc3c2ccn3C)CC1=O. The van der Waals surface area contributed by atoms with E-state index in [2.05, 4.69) is 12.2 Å². The van der Waals surface area contributed by atoms with Gasteiger partial charge < -0.3 is 14.8 Å². The van der Waals surface area contributed by atoms with Crippen LogP contribution in [0.2, 0.25) is 0 Å². The van der Waals surface area contributed by atoms with Crippen molar-refractivity contribution in [2.24, 2.45) is 13.0 Å². The lowest BCUT2D eigenvalue weighted by Gasteiger charge is -2.20. The summed E-state index contributed by atoms with van der Waals surface area (Å²) in [5.74, 6) is -0.438. The minimum atomic E-state index is -0.346. The normalized spacial score (nSPS) is 16.9. The molecule has 27 heavy (non-hydrogen) atoms. The van der Waals surface area contributed by atoms with Crippen LogP contribution in [0.15, 0.2) is 54.7 Å². The molecule has 2 heterocycles. The third kappa shape index (κ3) is 3.10. The van der Waals surface area contributed by atoms with Crippen LogP contribution < -0.4 is 10.2 Å². The lowest BCUT2D eigenvalue weighted by molar-refractivity contribution is -0.122. The molecule has 1 aliphatic heterocycles. The second-order valence-electron chi connectivity index (χ2n) is 7.04. The average molecular weight is 361 g/mol. The smallest absolute Gasteiger partial charge is 0.229 e. The molecule has 2 aromatic carbocycles. The Morgan fingerprint density at radius 3 is 2.78 bits per heavy atom. The first-order chi connectivity index (χ1) is 13.1. The van der Waals surface area contributed by atoms with E-state index in [0.717, 1.165) is 34.3 Å². The van der Waals surface area contributed by atoms with E-state index in [9.17, 15) is 9.59 Å². The van der Waals surface area contributed by atoms with Crippen LogP contribution in [0.25, 0.3) is 10.9 Å². The molecule has 3 aromatic rings. The zero-order valence-corrected chi connectivity index (χ0v) is 15.6. The molecule has 1 atom stereocenters. The van der Waals surface area contributed by atoms with Crippen molar-refractivity contribution in [1.29, 1.82) is 0 Å². The summed E-state index contributed by atoms with van der Waals surface area (Å²) in [5, 5.41) is 4.04. The first-order valence-electron chi connectivity index (χ1n) is 9.31. The molecule has 1 fully saturated rings. The molecule has 0 aliphatic carbocycles. The molecule has 4 rings (SSSR count). The van der Waals surface area contributed by atoms with E-state index < -0.39 is 0 Å². The van der Waals surface area contributed by atoms with Gasteiger partial charge in [-0.3, -0.25) is 9.59 Å². The van der Waals surface area contributed by atoms with Gasteiger partial charge in [-0.2, -0.15) is 0 Å². The molecule has 0 bridgehead atoms. The molecule has 1 aliphatic rings. The van der Waals surface area contributed by atoms with Crippen molar-refractivity contribution in [2.75, 3.05) is 16.8 Å². The Morgan fingerprint density at radius 1 is 1.15 bits per heavy atom. The number of nitrogens with zero attached hydrogens (tertiary/aromatic N) is 2. The number of para-hydroxylation sites is 1. The highest BCUT2D eigenvalue weighted by molar-refractivity contribution is 6.06. The summed E-state index contributed by atoms with van der Waals surface area (Å²) in [7, 11) is 1.98. The first-order valence-corrected chi connectivity index (χ1v) is 9.31. The lowest BCUT2D eigenvalue weighted by atomic mass is 10.1. The van der Waals surface area contributed by atoms with E-state index in [1.165, 1.54) is 0 Å². The van der Waals surface area contributed by atoms with Gasteiger partial charge in [0.05, 0.1) is 11.6 Å².